The Hall–Kier alpha value is -1.29. The third kappa shape index (κ3) is 2.85. The van der Waals surface area contributed by atoms with E-state index in [1.165, 1.54) is 7.11 Å². The highest BCUT2D eigenvalue weighted by atomic mass is 35.5. The molecule has 0 unspecified atom stereocenters. The standard InChI is InChI=1S/C11H15ClN2O2/c1-11(2,7-12)10(15)14-8-5-4-6-13-9(8)16-3/h4-6H,7H2,1-3H3,(H,14,15). The molecule has 88 valence electrons. The number of ether oxygens (including phenoxy) is 1. The first-order valence-corrected chi connectivity index (χ1v) is 5.41. The van der Waals surface area contributed by atoms with Crippen molar-refractivity contribution < 1.29 is 9.53 Å². The molecular formula is C11H15ClN2O2. The van der Waals surface area contributed by atoms with Crippen molar-refractivity contribution in [3.05, 3.63) is 18.3 Å². The second kappa shape index (κ2) is 5.16. The van der Waals surface area contributed by atoms with Crippen molar-refractivity contribution in [3.8, 4) is 5.88 Å². The van der Waals surface area contributed by atoms with Gasteiger partial charge in [-0.25, -0.2) is 4.98 Å². The van der Waals surface area contributed by atoms with Crippen molar-refractivity contribution >= 4 is 23.2 Å². The van der Waals surface area contributed by atoms with Gasteiger partial charge >= 0.3 is 0 Å². The predicted molar refractivity (Wildman–Crippen MR) is 63.9 cm³/mol. The molecule has 0 fully saturated rings. The van der Waals surface area contributed by atoms with Crippen LogP contribution in [0.15, 0.2) is 18.3 Å². The summed E-state index contributed by atoms with van der Waals surface area (Å²) in [5.41, 5.74) is -0.0734. The number of carbonyl (C=O) groups is 1. The maximum Gasteiger partial charge on any atom is 0.237 e. The zero-order valence-electron chi connectivity index (χ0n) is 9.58. The minimum absolute atomic E-state index is 0.159. The quantitative estimate of drug-likeness (QED) is 0.825. The third-order valence-corrected chi connectivity index (χ3v) is 2.83. The van der Waals surface area contributed by atoms with Crippen LogP contribution in [0.5, 0.6) is 5.88 Å². The fourth-order valence-electron chi connectivity index (χ4n) is 1.00. The van der Waals surface area contributed by atoms with Crippen LogP contribution >= 0.6 is 11.6 Å². The number of aromatic nitrogens is 1. The van der Waals surface area contributed by atoms with Gasteiger partial charge in [0.25, 0.3) is 0 Å². The molecule has 16 heavy (non-hydrogen) atoms. The van der Waals surface area contributed by atoms with Gasteiger partial charge in [-0.1, -0.05) is 0 Å². The number of hydrogen-bond donors (Lipinski definition) is 1. The Kier molecular flexibility index (Phi) is 4.12. The number of rotatable bonds is 4. The fraction of sp³-hybridized carbons (Fsp3) is 0.455. The highest BCUT2D eigenvalue weighted by Crippen LogP contribution is 2.24. The van der Waals surface area contributed by atoms with Gasteiger partial charge < -0.3 is 10.1 Å². The number of pyridine rings is 1. The Labute approximate surface area is 100.0 Å². The lowest BCUT2D eigenvalue weighted by Crippen LogP contribution is -2.32. The number of nitrogens with one attached hydrogen (secondary N) is 1. The van der Waals surface area contributed by atoms with Crippen molar-refractivity contribution in [1.29, 1.82) is 0 Å². The van der Waals surface area contributed by atoms with Crippen LogP contribution < -0.4 is 10.1 Å². The molecule has 0 spiro atoms. The molecule has 0 radical (unpaired) electrons. The SMILES string of the molecule is COc1ncccc1NC(=O)C(C)(C)CCl. The molecule has 1 heterocycles. The smallest absolute Gasteiger partial charge is 0.237 e. The summed E-state index contributed by atoms with van der Waals surface area (Å²) in [6.07, 6.45) is 1.60. The number of anilines is 1. The zero-order chi connectivity index (χ0) is 12.2. The van der Waals surface area contributed by atoms with E-state index in [4.69, 9.17) is 16.3 Å². The number of hydrogen-bond acceptors (Lipinski definition) is 3. The summed E-state index contributed by atoms with van der Waals surface area (Å²) in [6.45, 7) is 3.55. The second-order valence-corrected chi connectivity index (χ2v) is 4.30. The fourth-order valence-corrected chi connectivity index (χ4v) is 1.12. The van der Waals surface area contributed by atoms with Gasteiger partial charge in [0.05, 0.1) is 12.5 Å². The summed E-state index contributed by atoms with van der Waals surface area (Å²) in [5, 5.41) is 2.74. The largest absolute Gasteiger partial charge is 0.480 e. The van der Waals surface area contributed by atoms with E-state index in [2.05, 4.69) is 10.3 Å². The van der Waals surface area contributed by atoms with Crippen molar-refractivity contribution in [2.45, 2.75) is 13.8 Å². The van der Waals surface area contributed by atoms with E-state index in [9.17, 15) is 4.79 Å². The highest BCUT2D eigenvalue weighted by molar-refractivity contribution is 6.20. The minimum Gasteiger partial charge on any atom is -0.480 e. The van der Waals surface area contributed by atoms with Gasteiger partial charge in [0, 0.05) is 12.1 Å². The van der Waals surface area contributed by atoms with Gasteiger partial charge in [-0.3, -0.25) is 4.79 Å². The topological polar surface area (TPSA) is 51.2 Å². The highest BCUT2D eigenvalue weighted by Gasteiger charge is 2.27. The van der Waals surface area contributed by atoms with Crippen LogP contribution in [-0.4, -0.2) is 23.9 Å². The summed E-state index contributed by atoms with van der Waals surface area (Å²) in [7, 11) is 1.50. The van der Waals surface area contributed by atoms with E-state index in [1.54, 1.807) is 32.2 Å². The second-order valence-electron chi connectivity index (χ2n) is 4.03. The number of methoxy groups -OCH3 is 1. The van der Waals surface area contributed by atoms with Crippen molar-refractivity contribution in [1.82, 2.24) is 4.98 Å². The molecule has 1 aromatic heterocycles. The maximum atomic E-state index is 11.9. The molecule has 0 aliphatic carbocycles. The van der Waals surface area contributed by atoms with E-state index in [0.29, 0.717) is 11.6 Å². The van der Waals surface area contributed by atoms with Gasteiger partial charge in [-0.05, 0) is 26.0 Å². The molecule has 1 aromatic rings. The summed E-state index contributed by atoms with van der Waals surface area (Å²) in [6, 6.07) is 3.46. The van der Waals surface area contributed by atoms with Crippen molar-refractivity contribution in [3.63, 3.8) is 0 Å². The van der Waals surface area contributed by atoms with Crippen molar-refractivity contribution in [2.75, 3.05) is 18.3 Å². The lowest BCUT2D eigenvalue weighted by Gasteiger charge is -2.20. The van der Waals surface area contributed by atoms with Crippen LogP contribution in [0, 0.1) is 5.41 Å². The zero-order valence-corrected chi connectivity index (χ0v) is 10.3. The Morgan fingerprint density at radius 1 is 1.62 bits per heavy atom. The molecule has 0 aromatic carbocycles. The normalized spacial score (nSPS) is 11.0. The van der Waals surface area contributed by atoms with E-state index in [-0.39, 0.29) is 11.8 Å². The first-order chi connectivity index (χ1) is 7.51. The number of alkyl halides is 1. The average molecular weight is 243 g/mol. The Bertz CT molecular complexity index is 380. The van der Waals surface area contributed by atoms with Crippen LogP contribution in [0.3, 0.4) is 0 Å². The summed E-state index contributed by atoms with van der Waals surface area (Å²) in [4.78, 5) is 15.8. The van der Waals surface area contributed by atoms with Crippen LogP contribution in [-0.2, 0) is 4.79 Å². The molecule has 0 saturated carbocycles. The number of amides is 1. The van der Waals surface area contributed by atoms with E-state index in [1.807, 2.05) is 0 Å². The maximum absolute atomic E-state index is 11.9. The molecule has 1 N–H and O–H groups in total. The summed E-state index contributed by atoms with van der Waals surface area (Å²) >= 11 is 5.72. The van der Waals surface area contributed by atoms with E-state index in [0.717, 1.165) is 0 Å². The molecule has 4 nitrogen and oxygen atoms in total. The third-order valence-electron chi connectivity index (χ3n) is 2.16. The molecule has 0 atom stereocenters. The van der Waals surface area contributed by atoms with E-state index < -0.39 is 5.41 Å². The Morgan fingerprint density at radius 3 is 2.88 bits per heavy atom. The lowest BCUT2D eigenvalue weighted by molar-refractivity contribution is -0.122. The predicted octanol–water partition coefficient (Wildman–Crippen LogP) is 2.29. The molecule has 5 heteroatoms. The molecular weight excluding hydrogens is 228 g/mol. The van der Waals surface area contributed by atoms with Crippen LogP contribution in [0.1, 0.15) is 13.8 Å². The summed E-state index contributed by atoms with van der Waals surface area (Å²) in [5.74, 6) is 0.483. The van der Waals surface area contributed by atoms with Crippen molar-refractivity contribution in [2.24, 2.45) is 5.41 Å². The first kappa shape index (κ1) is 12.8. The van der Waals surface area contributed by atoms with E-state index >= 15 is 0 Å². The minimum atomic E-state index is -0.623. The molecule has 0 saturated heterocycles. The Morgan fingerprint density at radius 2 is 2.31 bits per heavy atom. The van der Waals surface area contributed by atoms with Crippen LogP contribution in [0.4, 0.5) is 5.69 Å². The van der Waals surface area contributed by atoms with Gasteiger partial charge in [0.1, 0.15) is 5.69 Å². The monoisotopic (exact) mass is 242 g/mol. The average Bonchev–Trinajstić information content (AvgIpc) is 2.29. The van der Waals surface area contributed by atoms with Gasteiger partial charge in [-0.15, -0.1) is 11.6 Å². The van der Waals surface area contributed by atoms with Crippen LogP contribution in [0.25, 0.3) is 0 Å². The summed E-state index contributed by atoms with van der Waals surface area (Å²) < 4.78 is 5.03. The first-order valence-electron chi connectivity index (χ1n) is 4.87. The number of halogens is 1. The molecule has 1 rings (SSSR count). The number of nitrogens with zero attached hydrogens (tertiary/aromatic N) is 1. The van der Waals surface area contributed by atoms with Gasteiger partial charge in [0.15, 0.2) is 0 Å². The molecule has 0 aliphatic heterocycles. The van der Waals surface area contributed by atoms with Crippen LogP contribution in [0.2, 0.25) is 0 Å². The number of carbonyl (C=O) groups excluding carboxylic acids is 1. The Balaban J connectivity index is 2.85. The molecule has 0 bridgehead atoms. The van der Waals surface area contributed by atoms with Gasteiger partial charge in [-0.2, -0.15) is 0 Å². The lowest BCUT2D eigenvalue weighted by atomic mass is 9.95. The molecule has 1 amide bonds. The molecule has 0 aliphatic rings. The van der Waals surface area contributed by atoms with Gasteiger partial charge in [0.2, 0.25) is 11.8 Å².